The minimum atomic E-state index is -0.0900. The topological polar surface area (TPSA) is 81.9 Å². The molecule has 6 nitrogen and oxygen atoms in total. The third-order valence-corrected chi connectivity index (χ3v) is 2.15. The van der Waals surface area contributed by atoms with Crippen LogP contribution in [0, 0.1) is 17.2 Å². The van der Waals surface area contributed by atoms with Crippen LogP contribution in [0.1, 0.15) is 33.0 Å². The molecular formula is C12H17N5O. The van der Waals surface area contributed by atoms with Crippen LogP contribution in [0.5, 0.6) is 0 Å². The summed E-state index contributed by atoms with van der Waals surface area (Å²) in [6.07, 6.45) is 1.90. The average Bonchev–Trinajstić information content (AvgIpc) is 2.37. The fourth-order valence-electron chi connectivity index (χ4n) is 1.34. The third-order valence-electron chi connectivity index (χ3n) is 2.15. The van der Waals surface area contributed by atoms with Crippen LogP contribution in [0.4, 0.5) is 5.82 Å². The molecule has 0 aliphatic heterocycles. The van der Waals surface area contributed by atoms with Crippen LogP contribution in [0.25, 0.3) is 0 Å². The molecule has 1 heterocycles. The number of amides is 1. The molecule has 0 aliphatic rings. The van der Waals surface area contributed by atoms with Gasteiger partial charge in [0.15, 0.2) is 5.82 Å². The van der Waals surface area contributed by atoms with E-state index in [-0.39, 0.29) is 11.7 Å². The molecule has 1 amide bonds. The van der Waals surface area contributed by atoms with E-state index in [2.05, 4.69) is 15.4 Å². The van der Waals surface area contributed by atoms with Crippen LogP contribution in [0.15, 0.2) is 12.3 Å². The lowest BCUT2D eigenvalue weighted by atomic mass is 10.2. The van der Waals surface area contributed by atoms with Gasteiger partial charge in [-0.25, -0.2) is 4.98 Å². The van der Waals surface area contributed by atoms with E-state index in [4.69, 9.17) is 5.26 Å². The van der Waals surface area contributed by atoms with E-state index in [0.29, 0.717) is 24.7 Å². The maximum atomic E-state index is 11.5. The van der Waals surface area contributed by atoms with Gasteiger partial charge >= 0.3 is 0 Å². The van der Waals surface area contributed by atoms with E-state index < -0.39 is 0 Å². The number of carbonyl (C=O) groups excluding carboxylic acids is 1. The van der Waals surface area contributed by atoms with E-state index in [9.17, 15) is 4.79 Å². The highest BCUT2D eigenvalue weighted by molar-refractivity contribution is 5.77. The molecule has 1 N–H and O–H groups in total. The molecule has 96 valence electrons. The lowest BCUT2D eigenvalue weighted by Gasteiger charge is -2.25. The number of aromatic nitrogens is 2. The first-order valence-electron chi connectivity index (χ1n) is 5.87. The molecule has 0 spiro atoms. The van der Waals surface area contributed by atoms with Crippen LogP contribution in [-0.2, 0) is 4.79 Å². The summed E-state index contributed by atoms with van der Waals surface area (Å²) in [5.74, 6) is 0.875. The maximum absolute atomic E-state index is 11.5. The fourth-order valence-corrected chi connectivity index (χ4v) is 1.34. The van der Waals surface area contributed by atoms with E-state index in [0.717, 1.165) is 0 Å². The molecule has 1 aromatic heterocycles. The van der Waals surface area contributed by atoms with Crippen LogP contribution < -0.4 is 10.4 Å². The number of hydrogen-bond acceptors (Lipinski definition) is 5. The number of nitrogens with zero attached hydrogens (tertiary/aromatic N) is 4. The number of nitriles is 1. The highest BCUT2D eigenvalue weighted by atomic mass is 16.2. The van der Waals surface area contributed by atoms with Gasteiger partial charge in [-0.3, -0.25) is 15.2 Å². The third kappa shape index (κ3) is 4.01. The van der Waals surface area contributed by atoms with Crippen LogP contribution >= 0.6 is 0 Å². The number of hydrogen-bond donors (Lipinski definition) is 1. The standard InChI is InChI=1S/C12H17N5O/c1-4-12(18)16-17(8-9(2)3)11-5-6-14-10(7-13)15-11/h5-6,9H,4,8H2,1-3H3,(H,16,18). The van der Waals surface area contributed by atoms with Crippen molar-refractivity contribution in [2.24, 2.45) is 5.92 Å². The first kappa shape index (κ1) is 13.9. The minimum absolute atomic E-state index is 0.0898. The average molecular weight is 247 g/mol. The van der Waals surface area contributed by atoms with Crippen LogP contribution in [0.2, 0.25) is 0 Å². The molecule has 1 rings (SSSR count). The van der Waals surface area contributed by atoms with Gasteiger partial charge in [0.25, 0.3) is 0 Å². The molecule has 0 bridgehead atoms. The molecule has 18 heavy (non-hydrogen) atoms. The van der Waals surface area contributed by atoms with Crippen LogP contribution in [-0.4, -0.2) is 22.4 Å². The molecule has 0 saturated carbocycles. The zero-order valence-corrected chi connectivity index (χ0v) is 10.8. The van der Waals surface area contributed by atoms with Crippen molar-refractivity contribution in [3.8, 4) is 6.07 Å². The van der Waals surface area contributed by atoms with Crippen molar-refractivity contribution in [2.75, 3.05) is 11.6 Å². The van der Waals surface area contributed by atoms with E-state index in [1.54, 1.807) is 18.0 Å². The second kappa shape index (κ2) is 6.55. The zero-order chi connectivity index (χ0) is 13.5. The Morgan fingerprint density at radius 2 is 2.33 bits per heavy atom. The Hall–Kier alpha value is -2.16. The molecule has 0 radical (unpaired) electrons. The SMILES string of the molecule is CCC(=O)NN(CC(C)C)c1ccnc(C#N)n1. The Kier molecular flexibility index (Phi) is 5.06. The lowest BCUT2D eigenvalue weighted by Crippen LogP contribution is -2.44. The molecule has 1 aromatic rings. The summed E-state index contributed by atoms with van der Waals surface area (Å²) >= 11 is 0. The van der Waals surface area contributed by atoms with Crippen molar-refractivity contribution < 1.29 is 4.79 Å². The van der Waals surface area contributed by atoms with Gasteiger partial charge in [-0.1, -0.05) is 20.8 Å². The van der Waals surface area contributed by atoms with Gasteiger partial charge in [0, 0.05) is 25.2 Å². The maximum Gasteiger partial charge on any atom is 0.238 e. The normalized spacial score (nSPS) is 9.94. The summed E-state index contributed by atoms with van der Waals surface area (Å²) in [5.41, 5.74) is 2.76. The summed E-state index contributed by atoms with van der Waals surface area (Å²) < 4.78 is 0. The molecule has 0 fully saturated rings. The van der Waals surface area contributed by atoms with E-state index in [1.165, 1.54) is 6.20 Å². The number of carbonyl (C=O) groups is 1. The lowest BCUT2D eigenvalue weighted by molar-refractivity contribution is -0.121. The molecule has 0 aromatic carbocycles. The first-order chi connectivity index (χ1) is 8.56. The highest BCUT2D eigenvalue weighted by Crippen LogP contribution is 2.10. The number of hydrazine groups is 1. The Morgan fingerprint density at radius 1 is 1.61 bits per heavy atom. The smallest absolute Gasteiger partial charge is 0.238 e. The highest BCUT2D eigenvalue weighted by Gasteiger charge is 2.13. The largest absolute Gasteiger partial charge is 0.273 e. The summed E-state index contributed by atoms with van der Waals surface area (Å²) in [7, 11) is 0. The monoisotopic (exact) mass is 247 g/mol. The molecule has 6 heteroatoms. The van der Waals surface area contributed by atoms with Crippen molar-refractivity contribution in [3.63, 3.8) is 0 Å². The van der Waals surface area contributed by atoms with Crippen LogP contribution in [0.3, 0.4) is 0 Å². The van der Waals surface area contributed by atoms with Gasteiger partial charge in [-0.05, 0) is 5.92 Å². The van der Waals surface area contributed by atoms with E-state index in [1.807, 2.05) is 19.9 Å². The molecule has 0 unspecified atom stereocenters. The Bertz CT molecular complexity index is 452. The quantitative estimate of drug-likeness (QED) is 0.792. The van der Waals surface area contributed by atoms with Crippen molar-refractivity contribution in [2.45, 2.75) is 27.2 Å². The minimum Gasteiger partial charge on any atom is -0.273 e. The van der Waals surface area contributed by atoms with Gasteiger partial charge in [-0.15, -0.1) is 0 Å². The van der Waals surface area contributed by atoms with Gasteiger partial charge in [-0.2, -0.15) is 10.2 Å². The number of nitrogens with one attached hydrogen (secondary N) is 1. The molecule has 0 saturated heterocycles. The summed E-state index contributed by atoms with van der Waals surface area (Å²) in [5, 5.41) is 10.4. The Morgan fingerprint density at radius 3 is 2.89 bits per heavy atom. The summed E-state index contributed by atoms with van der Waals surface area (Å²) in [4.78, 5) is 19.3. The van der Waals surface area contributed by atoms with E-state index >= 15 is 0 Å². The van der Waals surface area contributed by atoms with Gasteiger partial charge in [0.2, 0.25) is 11.7 Å². The van der Waals surface area contributed by atoms with Crippen molar-refractivity contribution in [1.82, 2.24) is 15.4 Å². The number of anilines is 1. The van der Waals surface area contributed by atoms with Gasteiger partial charge in [0.1, 0.15) is 6.07 Å². The predicted molar refractivity (Wildman–Crippen MR) is 67.4 cm³/mol. The first-order valence-corrected chi connectivity index (χ1v) is 5.87. The molecule has 0 atom stereocenters. The zero-order valence-electron chi connectivity index (χ0n) is 10.8. The summed E-state index contributed by atoms with van der Waals surface area (Å²) in [6.45, 7) is 6.48. The fraction of sp³-hybridized carbons (Fsp3) is 0.500. The van der Waals surface area contributed by atoms with Gasteiger partial charge in [0.05, 0.1) is 0 Å². The second-order valence-electron chi connectivity index (χ2n) is 4.24. The summed E-state index contributed by atoms with van der Waals surface area (Å²) in [6, 6.07) is 3.55. The second-order valence-corrected chi connectivity index (χ2v) is 4.24. The van der Waals surface area contributed by atoms with Gasteiger partial charge < -0.3 is 0 Å². The predicted octanol–water partition coefficient (Wildman–Crippen LogP) is 1.25. The molecule has 0 aliphatic carbocycles. The van der Waals surface area contributed by atoms with Crippen molar-refractivity contribution in [1.29, 1.82) is 5.26 Å². The Balaban J connectivity index is 2.93. The van der Waals surface area contributed by atoms with Crippen molar-refractivity contribution >= 4 is 11.7 Å². The number of rotatable bonds is 5. The van der Waals surface area contributed by atoms with Crippen molar-refractivity contribution in [3.05, 3.63) is 18.1 Å². The Labute approximate surface area is 107 Å². The molecular weight excluding hydrogens is 230 g/mol.